The lowest BCUT2D eigenvalue weighted by Crippen LogP contribution is -2.31. The number of carbonyl (C=O) groups excluding carboxylic acids is 2. The third-order valence-electron chi connectivity index (χ3n) is 3.71. The molecule has 0 saturated heterocycles. The Balaban J connectivity index is 1.74. The maximum atomic E-state index is 12.1. The number of hydrogen-bond acceptors (Lipinski definition) is 8. The van der Waals surface area contributed by atoms with Gasteiger partial charge in [0.2, 0.25) is 0 Å². The minimum absolute atomic E-state index is 0.00522. The van der Waals surface area contributed by atoms with Gasteiger partial charge in [-0.3, -0.25) is 19.7 Å². The second-order valence-corrected chi connectivity index (χ2v) is 5.57. The van der Waals surface area contributed by atoms with Gasteiger partial charge in [0.05, 0.1) is 19.1 Å². The van der Waals surface area contributed by atoms with E-state index in [4.69, 9.17) is 18.9 Å². The predicted octanol–water partition coefficient (Wildman–Crippen LogP) is 1.96. The first-order chi connectivity index (χ1) is 13.9. The first kappa shape index (κ1) is 21.5. The molecule has 0 atom stereocenters. The van der Waals surface area contributed by atoms with Crippen LogP contribution in [-0.2, 0) is 9.53 Å². The molecule has 2 aromatic carbocycles. The van der Waals surface area contributed by atoms with Crippen molar-refractivity contribution in [2.75, 3.05) is 34.0 Å². The summed E-state index contributed by atoms with van der Waals surface area (Å²) in [5.74, 6) is 0.00246. The molecule has 0 radical (unpaired) electrons. The number of nitro groups is 1. The highest BCUT2D eigenvalue weighted by molar-refractivity contribution is 5.96. The number of ether oxygens (including phenoxy) is 4. The number of carbonyl (C=O) groups is 2. The average molecular weight is 404 g/mol. The average Bonchev–Trinajstić information content (AvgIpc) is 2.74. The van der Waals surface area contributed by atoms with Gasteiger partial charge in [0.25, 0.3) is 5.91 Å². The molecule has 0 saturated carbocycles. The lowest BCUT2D eigenvalue weighted by molar-refractivity contribution is -0.385. The highest BCUT2D eigenvalue weighted by Crippen LogP contribution is 2.27. The Morgan fingerprint density at radius 2 is 1.69 bits per heavy atom. The lowest BCUT2D eigenvalue weighted by atomic mass is 10.1. The molecule has 0 unspecified atom stereocenters. The van der Waals surface area contributed by atoms with Crippen molar-refractivity contribution in [3.05, 3.63) is 58.1 Å². The summed E-state index contributed by atoms with van der Waals surface area (Å²) in [7, 11) is 2.85. The summed E-state index contributed by atoms with van der Waals surface area (Å²) in [6, 6.07) is 10.6. The second kappa shape index (κ2) is 10.5. The molecular formula is C19H20N2O8. The summed E-state index contributed by atoms with van der Waals surface area (Å²) in [5, 5.41) is 13.3. The molecule has 0 heterocycles. The largest absolute Gasteiger partial charge is 0.497 e. The molecule has 0 spiro atoms. The Kier molecular flexibility index (Phi) is 7.78. The van der Waals surface area contributed by atoms with Crippen molar-refractivity contribution in [2.24, 2.45) is 0 Å². The molecule has 0 aromatic heterocycles. The number of esters is 1. The Labute approximate surface area is 166 Å². The van der Waals surface area contributed by atoms with Gasteiger partial charge >= 0.3 is 11.7 Å². The van der Waals surface area contributed by atoms with E-state index in [1.165, 1.54) is 19.2 Å². The molecule has 0 fully saturated rings. The highest BCUT2D eigenvalue weighted by atomic mass is 16.6. The lowest BCUT2D eigenvalue weighted by Gasteiger charge is -2.09. The third-order valence-corrected chi connectivity index (χ3v) is 3.71. The molecule has 2 aromatic rings. The van der Waals surface area contributed by atoms with Gasteiger partial charge in [-0.2, -0.15) is 0 Å². The van der Waals surface area contributed by atoms with Crippen LogP contribution in [0.25, 0.3) is 0 Å². The van der Waals surface area contributed by atoms with Crippen LogP contribution in [0.3, 0.4) is 0 Å². The standard InChI is InChI=1S/C19H20N2O8/c1-26-14-4-6-15(7-5-14)28-9-10-29-18(22)12-20-19(23)13-3-8-17(27-2)16(11-13)21(24)25/h3-8,11H,9-10,12H2,1-2H3,(H,20,23). The molecule has 0 aliphatic rings. The van der Waals surface area contributed by atoms with Crippen LogP contribution in [0.15, 0.2) is 42.5 Å². The summed E-state index contributed by atoms with van der Waals surface area (Å²) in [6.07, 6.45) is 0. The van der Waals surface area contributed by atoms with Crippen LogP contribution in [-0.4, -0.2) is 50.8 Å². The van der Waals surface area contributed by atoms with E-state index in [-0.39, 0.29) is 36.8 Å². The third kappa shape index (κ3) is 6.38. The Morgan fingerprint density at radius 1 is 1.00 bits per heavy atom. The Morgan fingerprint density at radius 3 is 2.31 bits per heavy atom. The minimum Gasteiger partial charge on any atom is -0.497 e. The van der Waals surface area contributed by atoms with E-state index in [2.05, 4.69) is 5.32 Å². The SMILES string of the molecule is COc1ccc(OCCOC(=O)CNC(=O)c2ccc(OC)c([N+](=O)[O-])c2)cc1. The molecule has 1 amide bonds. The van der Waals surface area contributed by atoms with E-state index in [9.17, 15) is 19.7 Å². The van der Waals surface area contributed by atoms with Gasteiger partial charge in [0.1, 0.15) is 31.3 Å². The van der Waals surface area contributed by atoms with Crippen molar-refractivity contribution in [3.8, 4) is 17.2 Å². The second-order valence-electron chi connectivity index (χ2n) is 5.57. The van der Waals surface area contributed by atoms with Crippen molar-refractivity contribution < 1.29 is 33.5 Å². The van der Waals surface area contributed by atoms with Crippen LogP contribution >= 0.6 is 0 Å². The summed E-state index contributed by atoms with van der Waals surface area (Å²) in [6.45, 7) is -0.257. The van der Waals surface area contributed by atoms with Crippen molar-refractivity contribution in [1.29, 1.82) is 0 Å². The molecule has 10 nitrogen and oxygen atoms in total. The number of nitro benzene ring substituents is 1. The molecular weight excluding hydrogens is 384 g/mol. The molecule has 154 valence electrons. The first-order valence-corrected chi connectivity index (χ1v) is 8.47. The van der Waals surface area contributed by atoms with Gasteiger partial charge in [-0.15, -0.1) is 0 Å². The molecule has 2 rings (SSSR count). The van der Waals surface area contributed by atoms with Gasteiger partial charge in [-0.25, -0.2) is 0 Å². The quantitative estimate of drug-likeness (QED) is 0.276. The van der Waals surface area contributed by atoms with Gasteiger partial charge < -0.3 is 24.3 Å². The number of benzene rings is 2. The highest BCUT2D eigenvalue weighted by Gasteiger charge is 2.18. The minimum atomic E-state index is -0.667. The Hall–Kier alpha value is -3.82. The molecule has 1 N–H and O–H groups in total. The van der Waals surface area contributed by atoms with Crippen molar-refractivity contribution in [1.82, 2.24) is 5.32 Å². The topological polar surface area (TPSA) is 126 Å². The van der Waals surface area contributed by atoms with Gasteiger partial charge in [-0.1, -0.05) is 0 Å². The normalized spacial score (nSPS) is 10.0. The molecule has 0 aliphatic carbocycles. The maximum Gasteiger partial charge on any atom is 0.325 e. The number of hydrogen-bond donors (Lipinski definition) is 1. The van der Waals surface area contributed by atoms with Crippen molar-refractivity contribution in [3.63, 3.8) is 0 Å². The van der Waals surface area contributed by atoms with E-state index in [0.717, 1.165) is 6.07 Å². The van der Waals surface area contributed by atoms with Crippen molar-refractivity contribution in [2.45, 2.75) is 0 Å². The number of nitrogens with one attached hydrogen (secondary N) is 1. The summed E-state index contributed by atoms with van der Waals surface area (Å²) in [4.78, 5) is 34.1. The zero-order valence-corrected chi connectivity index (χ0v) is 15.9. The van der Waals surface area contributed by atoms with Crippen molar-refractivity contribution >= 4 is 17.6 Å². The fraction of sp³-hybridized carbons (Fsp3) is 0.263. The summed E-state index contributed by atoms with van der Waals surface area (Å²) in [5.41, 5.74) is -0.327. The molecule has 10 heteroatoms. The van der Waals surface area contributed by atoms with Crippen LogP contribution in [0.4, 0.5) is 5.69 Å². The van der Waals surface area contributed by atoms with Crippen LogP contribution in [0, 0.1) is 10.1 Å². The van der Waals surface area contributed by atoms with E-state index in [1.54, 1.807) is 31.4 Å². The zero-order valence-electron chi connectivity index (χ0n) is 15.9. The molecule has 0 aliphatic heterocycles. The van der Waals surface area contributed by atoms with Gasteiger partial charge in [0.15, 0.2) is 5.75 Å². The smallest absolute Gasteiger partial charge is 0.325 e. The monoisotopic (exact) mass is 404 g/mol. The van der Waals surface area contributed by atoms with Gasteiger partial charge in [-0.05, 0) is 36.4 Å². The first-order valence-electron chi connectivity index (χ1n) is 8.47. The van der Waals surface area contributed by atoms with Crippen LogP contribution in [0.2, 0.25) is 0 Å². The van der Waals surface area contributed by atoms with Crippen LogP contribution in [0.1, 0.15) is 10.4 Å². The van der Waals surface area contributed by atoms with E-state index in [0.29, 0.717) is 11.5 Å². The summed E-state index contributed by atoms with van der Waals surface area (Å²) < 4.78 is 20.3. The fourth-order valence-electron chi connectivity index (χ4n) is 2.27. The number of methoxy groups -OCH3 is 2. The van der Waals surface area contributed by atoms with Crippen LogP contribution < -0.4 is 19.5 Å². The van der Waals surface area contributed by atoms with Gasteiger partial charge in [0, 0.05) is 11.6 Å². The number of nitrogens with zero attached hydrogens (tertiary/aromatic N) is 1. The zero-order chi connectivity index (χ0) is 21.2. The van der Waals surface area contributed by atoms with Crippen LogP contribution in [0.5, 0.6) is 17.2 Å². The molecule has 0 bridgehead atoms. The van der Waals surface area contributed by atoms with E-state index >= 15 is 0 Å². The fourth-order valence-corrected chi connectivity index (χ4v) is 2.27. The summed E-state index contributed by atoms with van der Waals surface area (Å²) >= 11 is 0. The predicted molar refractivity (Wildman–Crippen MR) is 101 cm³/mol. The van der Waals surface area contributed by atoms with E-state index < -0.39 is 16.8 Å². The van der Waals surface area contributed by atoms with E-state index in [1.807, 2.05) is 0 Å². The molecule has 29 heavy (non-hydrogen) atoms. The Bertz CT molecular complexity index is 867. The maximum absolute atomic E-state index is 12.1. The number of amides is 1. The number of rotatable bonds is 10.